The summed E-state index contributed by atoms with van der Waals surface area (Å²) in [5, 5.41) is 4.14. The number of hydrogen-bond donors (Lipinski definition) is 0. The minimum atomic E-state index is -0.581. The van der Waals surface area contributed by atoms with Crippen LogP contribution < -0.4 is 14.9 Å². The zero-order valence-corrected chi connectivity index (χ0v) is 17.1. The highest BCUT2D eigenvalue weighted by Gasteiger charge is 2.33. The Morgan fingerprint density at radius 2 is 2.07 bits per heavy atom. The van der Waals surface area contributed by atoms with Crippen molar-refractivity contribution in [2.75, 3.05) is 6.61 Å². The smallest absolute Gasteiger partial charge is 0.338 e. The molecule has 3 heterocycles. The lowest BCUT2D eigenvalue weighted by molar-refractivity contribution is -0.139. The zero-order chi connectivity index (χ0) is 20.5. The highest BCUT2D eigenvalue weighted by Crippen LogP contribution is 2.30. The molecule has 0 bridgehead atoms. The third-order valence-electron chi connectivity index (χ3n) is 4.65. The summed E-state index contributed by atoms with van der Waals surface area (Å²) < 4.78 is 9.08. The molecule has 1 atom stereocenters. The minimum absolute atomic E-state index is 0.194. The summed E-state index contributed by atoms with van der Waals surface area (Å²) in [5.41, 5.74) is 2.42. The number of allylic oxidation sites excluding steroid dienone is 1. The van der Waals surface area contributed by atoms with Crippen molar-refractivity contribution >= 4 is 23.4 Å². The van der Waals surface area contributed by atoms with Crippen LogP contribution in [0.25, 0.3) is 6.08 Å². The maximum atomic E-state index is 13.3. The number of fused-ring (bicyclic) bond motifs is 1. The molecular weight excluding hydrogens is 388 g/mol. The van der Waals surface area contributed by atoms with Crippen LogP contribution in [0.15, 0.2) is 63.8 Å². The van der Waals surface area contributed by atoms with Gasteiger partial charge in [0.25, 0.3) is 5.56 Å². The lowest BCUT2D eigenvalue weighted by Crippen LogP contribution is -2.39. The second kappa shape index (κ2) is 7.63. The lowest BCUT2D eigenvalue weighted by Gasteiger charge is -2.24. The molecule has 0 saturated heterocycles. The van der Waals surface area contributed by atoms with E-state index in [1.165, 1.54) is 11.3 Å². The van der Waals surface area contributed by atoms with E-state index < -0.39 is 12.0 Å². The Kier molecular flexibility index (Phi) is 5.02. The molecule has 29 heavy (non-hydrogen) atoms. The third-order valence-corrected chi connectivity index (χ3v) is 5.64. The summed E-state index contributed by atoms with van der Waals surface area (Å²) in [5.74, 6) is -0.454. The number of benzene rings is 1. The molecular formula is C21H20N4O3S. The molecule has 0 amide bonds. The predicted molar refractivity (Wildman–Crippen MR) is 110 cm³/mol. The molecule has 7 nitrogen and oxygen atoms in total. The normalized spacial score (nSPS) is 16.5. The molecule has 4 rings (SSSR count). The van der Waals surface area contributed by atoms with Gasteiger partial charge in [0.15, 0.2) is 4.80 Å². The van der Waals surface area contributed by atoms with Crippen LogP contribution in [0.4, 0.5) is 0 Å². The van der Waals surface area contributed by atoms with Crippen LogP contribution >= 0.6 is 11.3 Å². The van der Waals surface area contributed by atoms with Crippen LogP contribution in [0.2, 0.25) is 0 Å². The van der Waals surface area contributed by atoms with Crippen LogP contribution in [0.5, 0.6) is 0 Å². The van der Waals surface area contributed by atoms with E-state index in [1.807, 2.05) is 43.6 Å². The molecule has 0 saturated carbocycles. The summed E-state index contributed by atoms with van der Waals surface area (Å²) in [6.45, 7) is 3.79. The van der Waals surface area contributed by atoms with Gasteiger partial charge in [-0.05, 0) is 25.5 Å². The molecule has 1 aliphatic heterocycles. The Morgan fingerprint density at radius 3 is 2.72 bits per heavy atom. The average Bonchev–Trinajstić information content (AvgIpc) is 3.24. The van der Waals surface area contributed by atoms with Crippen molar-refractivity contribution in [2.24, 2.45) is 12.0 Å². The van der Waals surface area contributed by atoms with Crippen LogP contribution in [-0.4, -0.2) is 26.9 Å². The van der Waals surface area contributed by atoms with Crippen LogP contribution in [0.3, 0.4) is 0 Å². The van der Waals surface area contributed by atoms with Crippen molar-refractivity contribution in [3.05, 3.63) is 84.8 Å². The van der Waals surface area contributed by atoms with E-state index in [0.29, 0.717) is 20.6 Å². The fraction of sp³-hybridized carbons (Fsp3) is 0.238. The molecule has 0 spiro atoms. The molecule has 1 aromatic carbocycles. The Labute approximate surface area is 170 Å². The van der Waals surface area contributed by atoms with Gasteiger partial charge < -0.3 is 4.74 Å². The first-order valence-electron chi connectivity index (χ1n) is 9.23. The summed E-state index contributed by atoms with van der Waals surface area (Å²) in [6.07, 6.45) is 5.33. The van der Waals surface area contributed by atoms with Gasteiger partial charge in [0.1, 0.15) is 0 Å². The number of esters is 1. The quantitative estimate of drug-likeness (QED) is 0.614. The number of aryl methyl sites for hydroxylation is 1. The second-order valence-corrected chi connectivity index (χ2v) is 7.67. The first-order chi connectivity index (χ1) is 14.0. The fourth-order valence-electron chi connectivity index (χ4n) is 3.41. The van der Waals surface area contributed by atoms with Gasteiger partial charge in [-0.25, -0.2) is 9.79 Å². The van der Waals surface area contributed by atoms with Crippen molar-refractivity contribution in [1.29, 1.82) is 0 Å². The van der Waals surface area contributed by atoms with Crippen molar-refractivity contribution < 1.29 is 9.53 Å². The number of thiazole rings is 1. The number of carbonyl (C=O) groups excluding carboxylic acids is 1. The topological polar surface area (TPSA) is 78.5 Å². The van der Waals surface area contributed by atoms with Crippen molar-refractivity contribution in [2.45, 2.75) is 19.9 Å². The maximum absolute atomic E-state index is 13.3. The van der Waals surface area contributed by atoms with E-state index in [0.717, 1.165) is 11.1 Å². The first kappa shape index (κ1) is 19.1. The van der Waals surface area contributed by atoms with Crippen molar-refractivity contribution in [3.63, 3.8) is 0 Å². The van der Waals surface area contributed by atoms with E-state index in [4.69, 9.17) is 4.74 Å². The SMILES string of the molecule is CCOC(=O)C1=C(C)N=c2s/c(=C/c3cnn(C)c3)c(=O)n2[C@@H]1c1ccccc1. The van der Waals surface area contributed by atoms with Gasteiger partial charge in [0.2, 0.25) is 0 Å². The molecule has 0 unspecified atom stereocenters. The van der Waals surface area contributed by atoms with E-state index in [9.17, 15) is 9.59 Å². The number of carbonyl (C=O) groups is 1. The van der Waals surface area contributed by atoms with Gasteiger partial charge in [-0.3, -0.25) is 14.0 Å². The molecule has 0 fully saturated rings. The van der Waals surface area contributed by atoms with Crippen LogP contribution in [0.1, 0.15) is 31.0 Å². The summed E-state index contributed by atoms with van der Waals surface area (Å²) in [6, 6.07) is 8.90. The molecule has 3 aromatic rings. The van der Waals surface area contributed by atoms with Crippen molar-refractivity contribution in [1.82, 2.24) is 14.3 Å². The highest BCUT2D eigenvalue weighted by atomic mass is 32.1. The third kappa shape index (κ3) is 3.47. The summed E-state index contributed by atoms with van der Waals surface area (Å²) >= 11 is 1.30. The predicted octanol–water partition coefficient (Wildman–Crippen LogP) is 1.53. The van der Waals surface area contributed by atoms with Crippen LogP contribution in [-0.2, 0) is 16.6 Å². The molecule has 1 aliphatic rings. The summed E-state index contributed by atoms with van der Waals surface area (Å²) in [4.78, 5) is 31.2. The number of ether oxygens (including phenoxy) is 1. The van der Waals surface area contributed by atoms with E-state index in [-0.39, 0.29) is 12.2 Å². The van der Waals surface area contributed by atoms with Crippen LogP contribution in [0, 0.1) is 0 Å². The molecule has 0 N–H and O–H groups in total. The number of nitrogens with zero attached hydrogens (tertiary/aromatic N) is 4. The van der Waals surface area contributed by atoms with Gasteiger partial charge in [0, 0.05) is 18.8 Å². The largest absolute Gasteiger partial charge is 0.463 e. The average molecular weight is 408 g/mol. The highest BCUT2D eigenvalue weighted by molar-refractivity contribution is 7.07. The monoisotopic (exact) mass is 408 g/mol. The maximum Gasteiger partial charge on any atom is 0.338 e. The zero-order valence-electron chi connectivity index (χ0n) is 16.3. The van der Waals surface area contributed by atoms with Gasteiger partial charge in [0.05, 0.1) is 34.6 Å². The molecule has 0 radical (unpaired) electrons. The Bertz CT molecular complexity index is 1280. The van der Waals surface area contributed by atoms with Crippen molar-refractivity contribution in [3.8, 4) is 0 Å². The lowest BCUT2D eigenvalue weighted by atomic mass is 9.96. The number of aromatic nitrogens is 3. The second-order valence-electron chi connectivity index (χ2n) is 6.66. The van der Waals surface area contributed by atoms with Gasteiger partial charge in [-0.1, -0.05) is 41.7 Å². The molecule has 0 aliphatic carbocycles. The molecule has 2 aromatic heterocycles. The fourth-order valence-corrected chi connectivity index (χ4v) is 4.45. The van der Waals surface area contributed by atoms with Gasteiger partial charge in [-0.15, -0.1) is 0 Å². The number of hydrogen-bond acceptors (Lipinski definition) is 6. The standard InChI is InChI=1S/C21H20N4O3S/c1-4-28-20(27)17-13(2)23-21-25(18(17)15-8-6-5-7-9-15)19(26)16(29-21)10-14-11-22-24(3)12-14/h5-12,18H,4H2,1-3H3/b16-10+/t18-/m1/s1. The van der Waals surface area contributed by atoms with Gasteiger partial charge in [-0.2, -0.15) is 5.10 Å². The van der Waals surface area contributed by atoms with Gasteiger partial charge >= 0.3 is 5.97 Å². The minimum Gasteiger partial charge on any atom is -0.463 e. The van der Waals surface area contributed by atoms with E-state index in [2.05, 4.69) is 10.1 Å². The summed E-state index contributed by atoms with van der Waals surface area (Å²) in [7, 11) is 1.82. The first-order valence-corrected chi connectivity index (χ1v) is 10.0. The number of rotatable bonds is 4. The Morgan fingerprint density at radius 1 is 1.31 bits per heavy atom. The molecule has 8 heteroatoms. The Balaban J connectivity index is 1.96. The molecule has 148 valence electrons. The van der Waals surface area contributed by atoms with E-state index in [1.54, 1.807) is 35.4 Å². The van der Waals surface area contributed by atoms with E-state index >= 15 is 0 Å². The Hall–Kier alpha value is -3.26.